The first-order valence-corrected chi connectivity index (χ1v) is 13.9. The fourth-order valence-electron chi connectivity index (χ4n) is 4.30. The third-order valence-corrected chi connectivity index (χ3v) is 8.23. The van der Waals surface area contributed by atoms with Crippen molar-refractivity contribution in [3.63, 3.8) is 0 Å². The van der Waals surface area contributed by atoms with Crippen molar-refractivity contribution in [3.05, 3.63) is 54.5 Å². The van der Waals surface area contributed by atoms with Crippen LogP contribution in [0.1, 0.15) is 18.7 Å². The highest BCUT2D eigenvalue weighted by molar-refractivity contribution is 7.52. The predicted octanol–water partition coefficient (Wildman–Crippen LogP) is 0.937. The molecule has 40 heavy (non-hydrogen) atoms. The molecule has 4 heterocycles. The van der Waals surface area contributed by atoms with Crippen LogP contribution in [0.4, 0.5) is 10.2 Å². The van der Waals surface area contributed by atoms with E-state index in [1.807, 2.05) is 0 Å². The molecule has 2 saturated heterocycles. The Kier molecular flexibility index (Phi) is 8.06. The summed E-state index contributed by atoms with van der Waals surface area (Å²) < 4.78 is 57.0. The Bertz CT molecular complexity index is 1390. The molecule has 0 spiro atoms. The lowest BCUT2D eigenvalue weighted by atomic mass is 9.96. The number of nitrogen functional groups attached to an aromatic ring is 1. The van der Waals surface area contributed by atoms with E-state index in [4.69, 9.17) is 29.0 Å². The zero-order valence-corrected chi connectivity index (χ0v) is 22.2. The average molecular weight is 581 g/mol. The molecule has 2 aromatic heterocycles. The molecule has 5 rings (SSSR count). The lowest BCUT2D eigenvalue weighted by Crippen LogP contribution is -2.49. The van der Waals surface area contributed by atoms with Gasteiger partial charge in [0.05, 0.1) is 25.5 Å². The van der Waals surface area contributed by atoms with Crippen molar-refractivity contribution in [2.45, 2.75) is 43.0 Å². The maximum absolute atomic E-state index is 14.6. The van der Waals surface area contributed by atoms with Crippen molar-refractivity contribution in [1.29, 1.82) is 0 Å². The maximum atomic E-state index is 14.6. The first-order chi connectivity index (χ1) is 19.1. The minimum atomic E-state index is -4.43. The molecular formula is C24H29FN5O9P. The van der Waals surface area contributed by atoms with Crippen molar-refractivity contribution in [1.82, 2.24) is 19.7 Å². The Morgan fingerprint density at radius 3 is 2.73 bits per heavy atom. The number of carbonyl (C=O) groups is 1. The SMILES string of the molecule is C[C@H](NP(=O)(OC[C@@]1(CF)O[C@@H](c2ccc3c(N)ncnn23)[C@H](O)[C@@H]1O)Oc1ccccc1)C(=O)OC1COC1. The maximum Gasteiger partial charge on any atom is 0.459 e. The lowest BCUT2D eigenvalue weighted by molar-refractivity contribution is -0.173. The molecule has 14 nitrogen and oxygen atoms in total. The van der Waals surface area contributed by atoms with E-state index in [0.717, 1.165) is 0 Å². The van der Waals surface area contributed by atoms with Crippen LogP contribution in [-0.4, -0.2) is 87.2 Å². The van der Waals surface area contributed by atoms with E-state index in [1.54, 1.807) is 30.3 Å². The van der Waals surface area contributed by atoms with Crippen LogP contribution in [0, 0.1) is 0 Å². The Balaban J connectivity index is 1.36. The Labute approximate surface area is 227 Å². The van der Waals surface area contributed by atoms with E-state index < -0.39 is 63.1 Å². The third-order valence-electron chi connectivity index (χ3n) is 6.61. The smallest absolute Gasteiger partial charge is 0.456 e. The number of benzene rings is 1. The van der Waals surface area contributed by atoms with Crippen LogP contribution in [-0.2, 0) is 28.1 Å². The first-order valence-electron chi connectivity index (χ1n) is 12.4. The molecule has 6 atom stereocenters. The number of aromatic nitrogens is 3. The number of aliphatic hydroxyl groups is 2. The number of rotatable bonds is 11. The van der Waals surface area contributed by atoms with Crippen LogP contribution < -0.4 is 15.3 Å². The van der Waals surface area contributed by atoms with Crippen LogP contribution in [0.5, 0.6) is 5.75 Å². The largest absolute Gasteiger partial charge is 0.459 e. The predicted molar refractivity (Wildman–Crippen MR) is 136 cm³/mol. The van der Waals surface area contributed by atoms with Crippen molar-refractivity contribution in [2.75, 3.05) is 32.2 Å². The fraction of sp³-hybridized carbons (Fsp3) is 0.458. The quantitative estimate of drug-likeness (QED) is 0.185. The molecule has 0 aliphatic carbocycles. The number of nitrogens with one attached hydrogen (secondary N) is 1. The standard InChI is InChI=1S/C24H29FN5O9P/c1-14(23(33)37-16-9-35-10-16)29-40(34,39-15-5-3-2-4-6-15)36-12-24(11-25)21(32)19(31)20(38-24)17-7-8-18-22(26)27-13-28-30(17)18/h2-8,13-14,16,19-21,31-32H,9-12H2,1H3,(H,29,34)(H2,26,27,28)/t14-,19-,20-,21-,24+,40?/m0/s1. The summed E-state index contributed by atoms with van der Waals surface area (Å²) >= 11 is 0. The van der Waals surface area contributed by atoms with Gasteiger partial charge in [0.2, 0.25) is 0 Å². The van der Waals surface area contributed by atoms with Gasteiger partial charge < -0.3 is 34.7 Å². The number of aliphatic hydroxyl groups excluding tert-OH is 2. The summed E-state index contributed by atoms with van der Waals surface area (Å²) in [7, 11) is -4.43. The summed E-state index contributed by atoms with van der Waals surface area (Å²) in [4.78, 5) is 16.4. The van der Waals surface area contributed by atoms with Gasteiger partial charge in [0, 0.05) is 0 Å². The summed E-state index contributed by atoms with van der Waals surface area (Å²) in [6.45, 7) is -0.259. The van der Waals surface area contributed by atoms with Gasteiger partial charge in [-0.25, -0.2) is 18.5 Å². The summed E-state index contributed by atoms with van der Waals surface area (Å²) in [6.07, 6.45) is -3.91. The number of fused-ring (bicyclic) bond motifs is 1. The monoisotopic (exact) mass is 581 g/mol. The molecule has 1 aromatic carbocycles. The van der Waals surface area contributed by atoms with Gasteiger partial charge in [0.25, 0.3) is 0 Å². The highest BCUT2D eigenvalue weighted by Gasteiger charge is 2.57. The number of halogens is 1. The zero-order chi connectivity index (χ0) is 28.5. The van der Waals surface area contributed by atoms with Gasteiger partial charge >= 0.3 is 13.7 Å². The number of para-hydroxylation sites is 1. The van der Waals surface area contributed by atoms with Crippen LogP contribution in [0.25, 0.3) is 5.52 Å². The van der Waals surface area contributed by atoms with Crippen LogP contribution in [0.2, 0.25) is 0 Å². The Morgan fingerprint density at radius 1 is 1.30 bits per heavy atom. The van der Waals surface area contributed by atoms with Gasteiger partial charge in [-0.3, -0.25) is 9.32 Å². The van der Waals surface area contributed by atoms with Crippen molar-refractivity contribution in [3.8, 4) is 5.75 Å². The summed E-state index contributed by atoms with van der Waals surface area (Å²) in [6, 6.07) is 9.93. The van der Waals surface area contributed by atoms with Gasteiger partial charge in [-0.05, 0) is 31.2 Å². The number of hydrogen-bond donors (Lipinski definition) is 4. The molecule has 5 N–H and O–H groups in total. The Morgan fingerprint density at radius 2 is 2.05 bits per heavy atom. The summed E-state index contributed by atoms with van der Waals surface area (Å²) in [5, 5.41) is 28.3. The second kappa shape index (κ2) is 11.4. The molecule has 0 saturated carbocycles. The van der Waals surface area contributed by atoms with Gasteiger partial charge in [-0.2, -0.15) is 10.2 Å². The zero-order valence-electron chi connectivity index (χ0n) is 21.3. The normalized spacial score (nSPS) is 27.1. The van der Waals surface area contributed by atoms with Crippen LogP contribution in [0.3, 0.4) is 0 Å². The van der Waals surface area contributed by atoms with Crippen LogP contribution in [0.15, 0.2) is 48.8 Å². The van der Waals surface area contributed by atoms with E-state index >= 15 is 0 Å². The second-order valence-electron chi connectivity index (χ2n) is 9.50. The molecule has 1 unspecified atom stereocenters. The van der Waals surface area contributed by atoms with E-state index in [9.17, 15) is 24.0 Å². The highest BCUT2D eigenvalue weighted by Crippen LogP contribution is 2.48. The number of carbonyl (C=O) groups excluding carboxylic acids is 1. The third kappa shape index (κ3) is 5.54. The molecule has 0 amide bonds. The molecule has 2 aliphatic heterocycles. The molecule has 0 radical (unpaired) electrons. The molecule has 0 bridgehead atoms. The van der Waals surface area contributed by atoms with Gasteiger partial charge in [0.15, 0.2) is 5.82 Å². The molecule has 216 valence electrons. The molecule has 2 fully saturated rings. The molecule has 3 aromatic rings. The van der Waals surface area contributed by atoms with E-state index in [-0.39, 0.29) is 30.5 Å². The summed E-state index contributed by atoms with van der Waals surface area (Å²) in [5.74, 6) is -0.441. The molecule has 2 aliphatic rings. The second-order valence-corrected chi connectivity index (χ2v) is 11.2. The number of ether oxygens (including phenoxy) is 3. The van der Waals surface area contributed by atoms with Crippen molar-refractivity contribution >= 4 is 25.1 Å². The van der Waals surface area contributed by atoms with E-state index in [0.29, 0.717) is 5.52 Å². The van der Waals surface area contributed by atoms with Crippen LogP contribution >= 0.6 is 7.75 Å². The number of esters is 1. The lowest BCUT2D eigenvalue weighted by Gasteiger charge is -2.31. The van der Waals surface area contributed by atoms with E-state index in [1.165, 1.54) is 29.9 Å². The van der Waals surface area contributed by atoms with Crippen molar-refractivity contribution in [2.24, 2.45) is 0 Å². The fourth-order valence-corrected chi connectivity index (χ4v) is 5.85. The number of alkyl halides is 1. The minimum absolute atomic E-state index is 0.128. The Hall–Kier alpha value is -3.17. The topological polar surface area (TPSA) is 189 Å². The number of anilines is 1. The molecule has 16 heteroatoms. The molecular weight excluding hydrogens is 552 g/mol. The average Bonchev–Trinajstić information content (AvgIpc) is 3.46. The minimum Gasteiger partial charge on any atom is -0.456 e. The first kappa shape index (κ1) is 28.4. The van der Waals surface area contributed by atoms with Gasteiger partial charge in [0.1, 0.15) is 60.3 Å². The highest BCUT2D eigenvalue weighted by atomic mass is 31.2. The number of nitrogens with zero attached hydrogens (tertiary/aromatic N) is 3. The van der Waals surface area contributed by atoms with Gasteiger partial charge in [-0.15, -0.1) is 0 Å². The van der Waals surface area contributed by atoms with E-state index in [2.05, 4.69) is 15.2 Å². The van der Waals surface area contributed by atoms with Crippen molar-refractivity contribution < 1.29 is 47.2 Å². The number of nitrogens with two attached hydrogens (primary N) is 1. The summed E-state index contributed by atoms with van der Waals surface area (Å²) in [5.41, 5.74) is 4.40. The van der Waals surface area contributed by atoms with Gasteiger partial charge in [-0.1, -0.05) is 18.2 Å². The number of hydrogen-bond acceptors (Lipinski definition) is 12.